The molecule has 0 spiro atoms. The highest BCUT2D eigenvalue weighted by Gasteiger charge is 2.24. The molecule has 0 aliphatic carbocycles. The van der Waals surface area contributed by atoms with E-state index in [2.05, 4.69) is 4.90 Å². The number of benzene rings is 2. The predicted molar refractivity (Wildman–Crippen MR) is 127 cm³/mol. The number of aliphatic hydroxyl groups excluding tert-OH is 1. The quantitative estimate of drug-likeness (QED) is 0.423. The Morgan fingerprint density at radius 2 is 1.67 bits per heavy atom. The summed E-state index contributed by atoms with van der Waals surface area (Å²) < 4.78 is 24.0. The fourth-order valence-electron chi connectivity index (χ4n) is 3.68. The van der Waals surface area contributed by atoms with Crippen molar-refractivity contribution in [2.45, 2.75) is 12.6 Å². The number of para-hydroxylation sites is 2. The summed E-state index contributed by atoms with van der Waals surface area (Å²) >= 11 is 0. The summed E-state index contributed by atoms with van der Waals surface area (Å²) in [5, 5.41) is 15.2. The third-order valence-corrected chi connectivity index (χ3v) is 5.23. The molecule has 3 aromatic rings. The van der Waals surface area contributed by atoms with E-state index in [-0.39, 0.29) is 6.61 Å². The van der Waals surface area contributed by atoms with Crippen LogP contribution in [0.4, 0.5) is 0 Å². The summed E-state index contributed by atoms with van der Waals surface area (Å²) in [5.41, 5.74) is 2.73. The molecule has 8 heteroatoms. The van der Waals surface area contributed by atoms with Gasteiger partial charge in [-0.3, -0.25) is 4.90 Å². The number of aliphatic hydroxyl groups is 1. The van der Waals surface area contributed by atoms with Crippen LogP contribution in [0.25, 0.3) is 11.3 Å². The van der Waals surface area contributed by atoms with Crippen LogP contribution in [0.15, 0.2) is 54.6 Å². The van der Waals surface area contributed by atoms with Gasteiger partial charge < -0.3 is 24.1 Å². The van der Waals surface area contributed by atoms with Gasteiger partial charge in [0.15, 0.2) is 11.5 Å². The van der Waals surface area contributed by atoms with Crippen LogP contribution in [0, 0.1) is 0 Å². The van der Waals surface area contributed by atoms with Gasteiger partial charge in [-0.2, -0.15) is 5.10 Å². The highest BCUT2D eigenvalue weighted by atomic mass is 16.5. The van der Waals surface area contributed by atoms with E-state index in [1.165, 1.54) is 0 Å². The molecule has 1 heterocycles. The highest BCUT2D eigenvalue weighted by molar-refractivity contribution is 5.65. The molecule has 3 rings (SSSR count). The number of nitrogens with zero attached hydrogens (tertiary/aromatic N) is 3. The van der Waals surface area contributed by atoms with Gasteiger partial charge in [-0.05, 0) is 12.1 Å². The van der Waals surface area contributed by atoms with Crippen LogP contribution < -0.4 is 9.47 Å². The third-order valence-electron chi connectivity index (χ3n) is 5.23. The maximum Gasteiger partial charge on any atom is 0.222 e. The van der Waals surface area contributed by atoms with Crippen LogP contribution in [0.3, 0.4) is 0 Å². The number of aryl methyl sites for hydroxylation is 1. The van der Waals surface area contributed by atoms with E-state index in [1.54, 1.807) is 26.0 Å². The van der Waals surface area contributed by atoms with Gasteiger partial charge in [0, 0.05) is 46.5 Å². The minimum Gasteiger partial charge on any atom is -0.493 e. The minimum atomic E-state index is -0.623. The lowest BCUT2D eigenvalue weighted by atomic mass is 10.1. The molecule has 0 radical (unpaired) electrons. The Morgan fingerprint density at radius 1 is 0.970 bits per heavy atom. The topological polar surface area (TPSA) is 78.2 Å². The first-order valence-electron chi connectivity index (χ1n) is 10.9. The van der Waals surface area contributed by atoms with E-state index in [0.29, 0.717) is 43.6 Å². The predicted octanol–water partition coefficient (Wildman–Crippen LogP) is 3.34. The summed E-state index contributed by atoms with van der Waals surface area (Å²) in [5.74, 6) is 1.85. The number of methoxy groups -OCH3 is 3. The maximum atomic E-state index is 10.4. The van der Waals surface area contributed by atoms with Crippen molar-refractivity contribution >= 4 is 0 Å². The Hall–Kier alpha value is -2.91. The molecule has 2 aromatic carbocycles. The van der Waals surface area contributed by atoms with Crippen LogP contribution in [-0.4, -0.2) is 73.5 Å². The van der Waals surface area contributed by atoms with Gasteiger partial charge in [-0.1, -0.05) is 42.5 Å². The fourth-order valence-corrected chi connectivity index (χ4v) is 3.68. The van der Waals surface area contributed by atoms with E-state index >= 15 is 0 Å². The lowest BCUT2D eigenvalue weighted by Gasteiger charge is -2.25. The Bertz CT molecular complexity index is 993. The maximum absolute atomic E-state index is 10.4. The summed E-state index contributed by atoms with van der Waals surface area (Å²) in [6.45, 7) is 2.35. The molecular weight excluding hydrogens is 422 g/mol. The van der Waals surface area contributed by atoms with Crippen LogP contribution in [0.1, 0.15) is 5.56 Å². The van der Waals surface area contributed by atoms with Crippen LogP contribution in [0.5, 0.6) is 17.4 Å². The Balaban J connectivity index is 2.01. The van der Waals surface area contributed by atoms with E-state index < -0.39 is 6.10 Å². The van der Waals surface area contributed by atoms with Crippen molar-refractivity contribution in [3.8, 4) is 28.6 Å². The molecule has 0 saturated heterocycles. The normalized spacial score (nSPS) is 12.2. The molecule has 0 fully saturated rings. The number of ether oxygens (including phenoxy) is 4. The SMILES string of the molecule is COCCN(Cc1c(-c2ccccc2)nn(C)c1Oc1ccccc1OC)C[C@@H](O)COC. The average Bonchev–Trinajstić information content (AvgIpc) is 3.13. The van der Waals surface area contributed by atoms with Gasteiger partial charge >= 0.3 is 0 Å². The Labute approximate surface area is 195 Å². The highest BCUT2D eigenvalue weighted by Crippen LogP contribution is 2.37. The molecule has 0 bridgehead atoms. The zero-order valence-electron chi connectivity index (χ0n) is 19.7. The van der Waals surface area contributed by atoms with Crippen LogP contribution in [-0.2, 0) is 23.1 Å². The first-order chi connectivity index (χ1) is 16.1. The Morgan fingerprint density at radius 3 is 2.33 bits per heavy atom. The number of aromatic nitrogens is 2. The number of hydrogen-bond acceptors (Lipinski definition) is 7. The summed E-state index contributed by atoms with van der Waals surface area (Å²) in [7, 11) is 6.72. The van der Waals surface area contributed by atoms with E-state index in [0.717, 1.165) is 16.8 Å². The molecule has 178 valence electrons. The molecule has 8 nitrogen and oxygen atoms in total. The van der Waals surface area contributed by atoms with Gasteiger partial charge in [-0.25, -0.2) is 4.68 Å². The smallest absolute Gasteiger partial charge is 0.222 e. The first-order valence-corrected chi connectivity index (χ1v) is 10.9. The van der Waals surface area contributed by atoms with Crippen molar-refractivity contribution in [3.63, 3.8) is 0 Å². The van der Waals surface area contributed by atoms with E-state index in [1.807, 2.05) is 61.6 Å². The van der Waals surface area contributed by atoms with Crippen molar-refractivity contribution in [1.82, 2.24) is 14.7 Å². The number of hydrogen-bond donors (Lipinski definition) is 1. The van der Waals surface area contributed by atoms with Crippen molar-refractivity contribution < 1.29 is 24.1 Å². The van der Waals surface area contributed by atoms with Crippen LogP contribution in [0.2, 0.25) is 0 Å². The second kappa shape index (κ2) is 12.4. The van der Waals surface area contributed by atoms with Crippen molar-refractivity contribution in [3.05, 3.63) is 60.2 Å². The number of rotatable bonds is 13. The fraction of sp³-hybridized carbons (Fsp3) is 0.400. The molecule has 1 aromatic heterocycles. The standard InChI is InChI=1S/C25H33N3O5/c1-27-25(33-23-13-9-8-12-22(23)32-4)21(24(26-27)19-10-6-5-7-11-19)17-28(14-15-30-2)16-20(29)18-31-3/h5-13,20,29H,14-18H2,1-4H3/t20-/m1/s1. The summed E-state index contributed by atoms with van der Waals surface area (Å²) in [6.07, 6.45) is -0.623. The molecular formula is C25H33N3O5. The molecule has 0 aliphatic rings. The lowest BCUT2D eigenvalue weighted by molar-refractivity contribution is 0.0292. The van der Waals surface area contributed by atoms with Crippen molar-refractivity contribution in [2.24, 2.45) is 7.05 Å². The Kier molecular flexibility index (Phi) is 9.26. The van der Waals surface area contributed by atoms with E-state index in [4.69, 9.17) is 24.0 Å². The monoisotopic (exact) mass is 455 g/mol. The van der Waals surface area contributed by atoms with Crippen molar-refractivity contribution in [2.75, 3.05) is 47.6 Å². The summed E-state index contributed by atoms with van der Waals surface area (Å²) in [6, 6.07) is 17.5. The minimum absolute atomic E-state index is 0.257. The van der Waals surface area contributed by atoms with Gasteiger partial charge in [0.1, 0.15) is 5.69 Å². The first kappa shape index (κ1) is 24.7. The summed E-state index contributed by atoms with van der Waals surface area (Å²) in [4.78, 5) is 2.12. The molecule has 1 atom stereocenters. The third kappa shape index (κ3) is 6.55. The molecule has 0 amide bonds. The molecule has 0 aliphatic heterocycles. The molecule has 1 N–H and O–H groups in total. The molecule has 33 heavy (non-hydrogen) atoms. The second-order valence-corrected chi connectivity index (χ2v) is 7.71. The zero-order valence-corrected chi connectivity index (χ0v) is 19.7. The van der Waals surface area contributed by atoms with Gasteiger partial charge in [-0.15, -0.1) is 0 Å². The van der Waals surface area contributed by atoms with E-state index in [9.17, 15) is 5.11 Å². The second-order valence-electron chi connectivity index (χ2n) is 7.71. The van der Waals surface area contributed by atoms with Gasteiger partial charge in [0.2, 0.25) is 5.88 Å². The lowest BCUT2D eigenvalue weighted by Crippen LogP contribution is -2.36. The largest absolute Gasteiger partial charge is 0.493 e. The zero-order chi connectivity index (χ0) is 23.6. The molecule has 0 unspecified atom stereocenters. The molecule has 0 saturated carbocycles. The van der Waals surface area contributed by atoms with Gasteiger partial charge in [0.05, 0.1) is 32.0 Å². The average molecular weight is 456 g/mol. The van der Waals surface area contributed by atoms with Crippen molar-refractivity contribution in [1.29, 1.82) is 0 Å². The van der Waals surface area contributed by atoms with Gasteiger partial charge in [0.25, 0.3) is 0 Å². The van der Waals surface area contributed by atoms with Crippen LogP contribution >= 0.6 is 0 Å².